The summed E-state index contributed by atoms with van der Waals surface area (Å²) >= 11 is 6.12. The van der Waals surface area contributed by atoms with Gasteiger partial charge in [-0.3, -0.25) is 19.3 Å². The number of carbonyl (C=O) groups excluding carboxylic acids is 2. The third-order valence-corrected chi connectivity index (χ3v) is 3.89. The molecule has 3 rings (SSSR count). The van der Waals surface area contributed by atoms with E-state index < -0.39 is 0 Å². The van der Waals surface area contributed by atoms with Crippen molar-refractivity contribution in [1.29, 1.82) is 0 Å². The maximum absolute atomic E-state index is 12.5. The van der Waals surface area contributed by atoms with Crippen molar-refractivity contribution in [2.24, 2.45) is 7.05 Å². The molecule has 1 aromatic carbocycles. The van der Waals surface area contributed by atoms with Crippen molar-refractivity contribution in [1.82, 2.24) is 14.8 Å². The molecule has 7 nitrogen and oxygen atoms in total. The molecule has 0 bridgehead atoms. The first-order valence-electron chi connectivity index (χ1n) is 7.75. The summed E-state index contributed by atoms with van der Waals surface area (Å²) in [7, 11) is 1.82. The van der Waals surface area contributed by atoms with Gasteiger partial charge in [0.05, 0.1) is 22.5 Å². The molecule has 0 aliphatic rings. The summed E-state index contributed by atoms with van der Waals surface area (Å²) in [5.74, 6) is -0.534. The second-order valence-electron chi connectivity index (χ2n) is 5.69. The molecule has 0 saturated heterocycles. The molecule has 8 heteroatoms. The lowest BCUT2D eigenvalue weighted by atomic mass is 10.1. The third-order valence-electron chi connectivity index (χ3n) is 3.58. The summed E-state index contributed by atoms with van der Waals surface area (Å²) in [5, 5.41) is 9.83. The zero-order valence-electron chi connectivity index (χ0n) is 14.2. The third kappa shape index (κ3) is 4.07. The zero-order valence-corrected chi connectivity index (χ0v) is 14.9. The highest BCUT2D eigenvalue weighted by molar-refractivity contribution is 6.34. The minimum Gasteiger partial charge on any atom is -0.325 e. The smallest absolute Gasteiger partial charge is 0.257 e. The fraction of sp³-hybridized carbons (Fsp3) is 0.111. The summed E-state index contributed by atoms with van der Waals surface area (Å²) in [6, 6.07) is 6.60. The van der Waals surface area contributed by atoms with Crippen LogP contribution in [-0.2, 0) is 11.8 Å². The monoisotopic (exact) mass is 369 g/mol. The van der Waals surface area contributed by atoms with Crippen LogP contribution in [0.25, 0.3) is 11.1 Å². The predicted octanol–water partition coefficient (Wildman–Crippen LogP) is 3.35. The van der Waals surface area contributed by atoms with E-state index in [1.54, 1.807) is 41.3 Å². The normalized spacial score (nSPS) is 10.4. The second-order valence-corrected chi connectivity index (χ2v) is 6.10. The van der Waals surface area contributed by atoms with Crippen molar-refractivity contribution in [3.63, 3.8) is 0 Å². The fourth-order valence-corrected chi connectivity index (χ4v) is 2.61. The summed E-state index contributed by atoms with van der Waals surface area (Å²) < 4.78 is 1.68. The molecule has 2 heterocycles. The Hall–Kier alpha value is -3.19. The Balaban J connectivity index is 1.78. The van der Waals surface area contributed by atoms with Crippen molar-refractivity contribution >= 4 is 34.8 Å². The Morgan fingerprint density at radius 2 is 1.88 bits per heavy atom. The second kappa shape index (κ2) is 7.37. The first kappa shape index (κ1) is 17.6. The van der Waals surface area contributed by atoms with Crippen LogP contribution in [0.3, 0.4) is 0 Å². The zero-order chi connectivity index (χ0) is 18.7. The lowest BCUT2D eigenvalue weighted by Gasteiger charge is -2.09. The average Bonchev–Trinajstić information content (AvgIpc) is 3.04. The van der Waals surface area contributed by atoms with E-state index in [1.807, 2.05) is 13.2 Å². The number of amides is 2. The van der Waals surface area contributed by atoms with Crippen LogP contribution in [0.2, 0.25) is 5.02 Å². The number of rotatable bonds is 4. The minimum atomic E-state index is -0.313. The van der Waals surface area contributed by atoms with Crippen molar-refractivity contribution in [3.8, 4) is 11.1 Å². The molecule has 3 aromatic rings. The van der Waals surface area contributed by atoms with Crippen molar-refractivity contribution < 1.29 is 9.59 Å². The Kier molecular flexibility index (Phi) is 4.99. The van der Waals surface area contributed by atoms with Crippen molar-refractivity contribution in [3.05, 3.63) is 59.6 Å². The number of pyridine rings is 1. The summed E-state index contributed by atoms with van der Waals surface area (Å²) in [4.78, 5) is 27.7. The largest absolute Gasteiger partial charge is 0.325 e. The molecule has 0 aliphatic heterocycles. The van der Waals surface area contributed by atoms with E-state index in [9.17, 15) is 9.59 Å². The average molecular weight is 370 g/mol. The molecule has 0 radical (unpaired) electrons. The van der Waals surface area contributed by atoms with Gasteiger partial charge in [0.1, 0.15) is 0 Å². The number of benzene rings is 1. The highest BCUT2D eigenvalue weighted by Crippen LogP contribution is 2.26. The van der Waals surface area contributed by atoms with Gasteiger partial charge in [0.15, 0.2) is 0 Å². The predicted molar refractivity (Wildman–Crippen MR) is 100 cm³/mol. The first-order chi connectivity index (χ1) is 12.4. The van der Waals surface area contributed by atoms with Gasteiger partial charge in [-0.15, -0.1) is 0 Å². The van der Waals surface area contributed by atoms with Gasteiger partial charge in [-0.2, -0.15) is 5.10 Å². The van der Waals surface area contributed by atoms with Gasteiger partial charge < -0.3 is 10.6 Å². The summed E-state index contributed by atoms with van der Waals surface area (Å²) in [5.41, 5.74) is 3.08. The molecule has 2 amide bonds. The molecule has 0 unspecified atom stereocenters. The van der Waals surface area contributed by atoms with Crippen molar-refractivity contribution in [2.75, 3.05) is 10.6 Å². The quantitative estimate of drug-likeness (QED) is 0.738. The molecule has 26 heavy (non-hydrogen) atoms. The van der Waals surface area contributed by atoms with E-state index in [0.29, 0.717) is 22.0 Å². The van der Waals surface area contributed by atoms with E-state index in [-0.39, 0.29) is 11.8 Å². The molecule has 0 atom stereocenters. The van der Waals surface area contributed by atoms with E-state index in [2.05, 4.69) is 20.7 Å². The minimum absolute atomic E-state index is 0.220. The van der Waals surface area contributed by atoms with E-state index in [1.165, 1.54) is 13.1 Å². The molecule has 2 N–H and O–H groups in total. The van der Waals surface area contributed by atoms with Crippen LogP contribution in [0, 0.1) is 0 Å². The molecule has 0 spiro atoms. The van der Waals surface area contributed by atoms with Crippen LogP contribution in [0.1, 0.15) is 17.3 Å². The van der Waals surface area contributed by atoms with Gasteiger partial charge in [-0.25, -0.2) is 0 Å². The Labute approximate surface area is 155 Å². The highest BCUT2D eigenvalue weighted by Gasteiger charge is 2.11. The number of carbonyl (C=O) groups is 2. The van der Waals surface area contributed by atoms with Crippen LogP contribution < -0.4 is 10.6 Å². The number of anilines is 2. The molecule has 0 aliphatic carbocycles. The number of aryl methyl sites for hydroxylation is 1. The molecule has 0 saturated carbocycles. The number of hydrogen-bond acceptors (Lipinski definition) is 4. The number of aromatic nitrogens is 3. The molecule has 0 fully saturated rings. The Morgan fingerprint density at radius 3 is 2.54 bits per heavy atom. The van der Waals surface area contributed by atoms with Gasteiger partial charge in [0, 0.05) is 49.4 Å². The Morgan fingerprint density at radius 1 is 1.08 bits per heavy atom. The van der Waals surface area contributed by atoms with Crippen LogP contribution in [0.5, 0.6) is 0 Å². The summed E-state index contributed by atoms with van der Waals surface area (Å²) in [6.45, 7) is 1.40. The summed E-state index contributed by atoms with van der Waals surface area (Å²) in [6.07, 6.45) is 6.72. The number of hydrogen-bond donors (Lipinski definition) is 2. The van der Waals surface area contributed by atoms with Crippen LogP contribution in [0.15, 0.2) is 49.1 Å². The fourth-order valence-electron chi connectivity index (χ4n) is 2.38. The maximum atomic E-state index is 12.5. The number of nitrogens with zero attached hydrogens (tertiary/aromatic N) is 3. The lowest BCUT2D eigenvalue weighted by molar-refractivity contribution is -0.114. The van der Waals surface area contributed by atoms with Gasteiger partial charge in [0.25, 0.3) is 5.91 Å². The first-order valence-corrected chi connectivity index (χ1v) is 8.13. The Bertz CT molecular complexity index is 983. The lowest BCUT2D eigenvalue weighted by Crippen LogP contribution is -2.12. The molecule has 2 aromatic heterocycles. The van der Waals surface area contributed by atoms with Crippen LogP contribution in [-0.4, -0.2) is 26.6 Å². The molecule has 132 valence electrons. The highest BCUT2D eigenvalue weighted by atomic mass is 35.5. The van der Waals surface area contributed by atoms with Gasteiger partial charge in [-0.05, 0) is 24.3 Å². The van der Waals surface area contributed by atoms with Gasteiger partial charge in [0.2, 0.25) is 5.91 Å². The SMILES string of the molecule is CC(=O)Nc1ccc(NC(=O)c2cncc(-c3cnn(C)c3)c2)cc1Cl. The van der Waals surface area contributed by atoms with Gasteiger partial charge >= 0.3 is 0 Å². The van der Waals surface area contributed by atoms with E-state index >= 15 is 0 Å². The topological polar surface area (TPSA) is 88.9 Å². The molecular weight excluding hydrogens is 354 g/mol. The van der Waals surface area contributed by atoms with Crippen LogP contribution in [0.4, 0.5) is 11.4 Å². The number of halogens is 1. The van der Waals surface area contributed by atoms with Crippen LogP contribution >= 0.6 is 11.6 Å². The van der Waals surface area contributed by atoms with Crippen molar-refractivity contribution in [2.45, 2.75) is 6.92 Å². The number of nitrogens with one attached hydrogen (secondary N) is 2. The van der Waals surface area contributed by atoms with E-state index in [4.69, 9.17) is 11.6 Å². The molecular formula is C18H16ClN5O2. The maximum Gasteiger partial charge on any atom is 0.257 e. The van der Waals surface area contributed by atoms with E-state index in [0.717, 1.165) is 11.1 Å². The standard InChI is InChI=1S/C18H16ClN5O2/c1-11(25)22-17-4-3-15(6-16(17)19)23-18(26)13-5-12(7-20-8-13)14-9-21-24(2)10-14/h3-10H,1-2H3,(H,22,25)(H,23,26). The van der Waals surface area contributed by atoms with Gasteiger partial charge in [-0.1, -0.05) is 11.6 Å².